The van der Waals surface area contributed by atoms with Crippen LogP contribution in [0.25, 0.3) is 0 Å². The van der Waals surface area contributed by atoms with Gasteiger partial charge in [-0.2, -0.15) is 0 Å². The molecule has 0 bridgehead atoms. The minimum absolute atomic E-state index is 0.237. The molecule has 1 unspecified atom stereocenters. The molecule has 0 aromatic carbocycles. The highest BCUT2D eigenvalue weighted by molar-refractivity contribution is 5.52. The van der Waals surface area contributed by atoms with Crippen LogP contribution in [-0.4, -0.2) is 45.0 Å². The van der Waals surface area contributed by atoms with E-state index in [9.17, 15) is 0 Å². The van der Waals surface area contributed by atoms with Gasteiger partial charge in [-0.3, -0.25) is 0 Å². The Morgan fingerprint density at radius 1 is 1.39 bits per heavy atom. The first-order valence-corrected chi connectivity index (χ1v) is 6.06. The zero-order valence-corrected chi connectivity index (χ0v) is 11.6. The number of nitrogens with zero attached hydrogens (tertiary/aromatic N) is 2. The van der Waals surface area contributed by atoms with Gasteiger partial charge in [0, 0.05) is 20.8 Å². The molecule has 18 heavy (non-hydrogen) atoms. The van der Waals surface area contributed by atoms with Crippen LogP contribution < -0.4 is 10.6 Å². The first-order chi connectivity index (χ1) is 8.60. The van der Waals surface area contributed by atoms with Crippen LogP contribution in [0.15, 0.2) is 12.3 Å². The molecule has 102 valence electrons. The zero-order valence-electron chi connectivity index (χ0n) is 11.6. The maximum Gasteiger partial charge on any atom is 0.129 e. The lowest BCUT2D eigenvalue weighted by atomic mass is 10.2. The molecule has 0 fully saturated rings. The number of anilines is 2. The first kappa shape index (κ1) is 14.7. The summed E-state index contributed by atoms with van der Waals surface area (Å²) < 4.78 is 10.3. The van der Waals surface area contributed by atoms with Gasteiger partial charge in [-0.05, 0) is 25.5 Å². The third kappa shape index (κ3) is 3.85. The van der Waals surface area contributed by atoms with Gasteiger partial charge in [-0.1, -0.05) is 0 Å². The summed E-state index contributed by atoms with van der Waals surface area (Å²) in [7, 11) is 3.40. The molecular weight excluding hydrogens is 230 g/mol. The largest absolute Gasteiger partial charge is 0.397 e. The molecule has 0 aliphatic heterocycles. The smallest absolute Gasteiger partial charge is 0.129 e. The molecule has 0 saturated carbocycles. The van der Waals surface area contributed by atoms with E-state index < -0.39 is 0 Å². The van der Waals surface area contributed by atoms with Gasteiger partial charge in [0.15, 0.2) is 0 Å². The molecule has 0 amide bonds. The third-order valence-electron chi connectivity index (χ3n) is 2.91. The summed E-state index contributed by atoms with van der Waals surface area (Å²) in [4.78, 5) is 6.55. The van der Waals surface area contributed by atoms with E-state index in [1.54, 1.807) is 20.4 Å². The molecule has 1 aromatic rings. The Balaban J connectivity index is 2.89. The minimum Gasteiger partial charge on any atom is -0.397 e. The number of nitrogens with two attached hydrogens (primary N) is 1. The van der Waals surface area contributed by atoms with Crippen molar-refractivity contribution in [2.45, 2.75) is 19.9 Å². The molecule has 1 heterocycles. The molecule has 0 aliphatic rings. The Kier molecular flexibility index (Phi) is 5.88. The summed E-state index contributed by atoms with van der Waals surface area (Å²) in [6.45, 7) is 6.16. The Morgan fingerprint density at radius 3 is 2.67 bits per heavy atom. The Hall–Kier alpha value is -1.33. The normalized spacial score (nSPS) is 12.4. The van der Waals surface area contributed by atoms with Gasteiger partial charge in [0.05, 0.1) is 31.1 Å². The average molecular weight is 253 g/mol. The van der Waals surface area contributed by atoms with E-state index in [0.29, 0.717) is 18.9 Å². The molecule has 1 atom stereocenters. The van der Waals surface area contributed by atoms with E-state index in [-0.39, 0.29) is 6.04 Å². The molecule has 0 saturated heterocycles. The van der Waals surface area contributed by atoms with E-state index >= 15 is 0 Å². The number of nitrogen functional groups attached to an aromatic ring is 1. The highest BCUT2D eigenvalue weighted by atomic mass is 16.5. The van der Waals surface area contributed by atoms with Gasteiger partial charge in [-0.25, -0.2) is 4.98 Å². The quantitative estimate of drug-likeness (QED) is 0.797. The lowest BCUT2D eigenvalue weighted by Crippen LogP contribution is -2.39. The number of hydrogen-bond donors (Lipinski definition) is 1. The average Bonchev–Trinajstić information content (AvgIpc) is 2.34. The monoisotopic (exact) mass is 253 g/mol. The van der Waals surface area contributed by atoms with Crippen molar-refractivity contribution in [1.29, 1.82) is 0 Å². The number of aromatic nitrogens is 1. The van der Waals surface area contributed by atoms with Crippen molar-refractivity contribution in [2.75, 3.05) is 44.6 Å². The summed E-state index contributed by atoms with van der Waals surface area (Å²) in [6.07, 6.45) is 1.70. The van der Waals surface area contributed by atoms with Crippen molar-refractivity contribution in [3.63, 3.8) is 0 Å². The van der Waals surface area contributed by atoms with Gasteiger partial charge >= 0.3 is 0 Å². The highest BCUT2D eigenvalue weighted by Gasteiger charge is 2.16. The fourth-order valence-electron chi connectivity index (χ4n) is 1.79. The van der Waals surface area contributed by atoms with Gasteiger partial charge < -0.3 is 20.1 Å². The number of rotatable bonds is 7. The second kappa shape index (κ2) is 7.18. The van der Waals surface area contributed by atoms with Gasteiger partial charge in [-0.15, -0.1) is 0 Å². The van der Waals surface area contributed by atoms with Gasteiger partial charge in [0.2, 0.25) is 0 Å². The molecule has 1 rings (SSSR count). The van der Waals surface area contributed by atoms with Crippen LogP contribution >= 0.6 is 0 Å². The van der Waals surface area contributed by atoms with E-state index in [0.717, 1.165) is 17.9 Å². The molecule has 2 N–H and O–H groups in total. The van der Waals surface area contributed by atoms with Crippen LogP contribution in [0.2, 0.25) is 0 Å². The molecule has 0 radical (unpaired) electrons. The van der Waals surface area contributed by atoms with E-state index in [1.165, 1.54) is 0 Å². The van der Waals surface area contributed by atoms with Gasteiger partial charge in [0.1, 0.15) is 5.82 Å². The number of hydrogen-bond acceptors (Lipinski definition) is 5. The Bertz CT molecular complexity index is 371. The predicted octanol–water partition coefficient (Wildman–Crippen LogP) is 1.46. The minimum atomic E-state index is 0.237. The van der Waals surface area contributed by atoms with Gasteiger partial charge in [0.25, 0.3) is 0 Å². The van der Waals surface area contributed by atoms with E-state index in [4.69, 9.17) is 15.2 Å². The lowest BCUT2D eigenvalue weighted by molar-refractivity contribution is 0.170. The maximum absolute atomic E-state index is 5.79. The van der Waals surface area contributed by atoms with Crippen LogP contribution in [0.1, 0.15) is 12.5 Å². The molecular formula is C13H23N3O2. The van der Waals surface area contributed by atoms with Crippen LogP contribution in [0.4, 0.5) is 11.5 Å². The predicted molar refractivity (Wildman–Crippen MR) is 73.9 cm³/mol. The van der Waals surface area contributed by atoms with E-state index in [2.05, 4.69) is 16.8 Å². The van der Waals surface area contributed by atoms with Crippen LogP contribution in [0.3, 0.4) is 0 Å². The molecule has 0 spiro atoms. The lowest BCUT2D eigenvalue weighted by Gasteiger charge is -2.30. The van der Waals surface area contributed by atoms with Crippen LogP contribution in [0.5, 0.6) is 0 Å². The topological polar surface area (TPSA) is 60.6 Å². The fourth-order valence-corrected chi connectivity index (χ4v) is 1.79. The zero-order chi connectivity index (χ0) is 13.5. The van der Waals surface area contributed by atoms with Crippen molar-refractivity contribution >= 4 is 11.5 Å². The number of ether oxygens (including phenoxy) is 2. The third-order valence-corrected chi connectivity index (χ3v) is 2.91. The van der Waals surface area contributed by atoms with Crippen molar-refractivity contribution in [1.82, 2.24) is 4.98 Å². The van der Waals surface area contributed by atoms with Crippen LogP contribution in [0, 0.1) is 6.92 Å². The van der Waals surface area contributed by atoms with Crippen molar-refractivity contribution < 1.29 is 9.47 Å². The Labute approximate surface area is 109 Å². The fraction of sp³-hybridized carbons (Fsp3) is 0.615. The molecule has 0 aliphatic carbocycles. The number of aryl methyl sites for hydroxylation is 1. The number of pyridine rings is 1. The summed E-state index contributed by atoms with van der Waals surface area (Å²) in [5, 5.41) is 0. The first-order valence-electron chi connectivity index (χ1n) is 6.06. The summed E-state index contributed by atoms with van der Waals surface area (Å²) in [6, 6.07) is 2.23. The van der Waals surface area contributed by atoms with E-state index in [1.807, 2.05) is 13.0 Å². The highest BCUT2D eigenvalue weighted by Crippen LogP contribution is 2.19. The van der Waals surface area contributed by atoms with Crippen molar-refractivity contribution in [2.24, 2.45) is 0 Å². The molecule has 5 nitrogen and oxygen atoms in total. The van der Waals surface area contributed by atoms with Crippen molar-refractivity contribution in [3.8, 4) is 0 Å². The number of methoxy groups -OCH3 is 2. The maximum atomic E-state index is 5.79. The summed E-state index contributed by atoms with van der Waals surface area (Å²) >= 11 is 0. The molecule has 5 heteroatoms. The second-order valence-corrected chi connectivity index (χ2v) is 4.39. The Morgan fingerprint density at radius 2 is 2.11 bits per heavy atom. The second-order valence-electron chi connectivity index (χ2n) is 4.39. The van der Waals surface area contributed by atoms with Crippen LogP contribution in [-0.2, 0) is 9.47 Å². The summed E-state index contributed by atoms with van der Waals surface area (Å²) in [5.74, 6) is 0.906. The van der Waals surface area contributed by atoms with Crippen molar-refractivity contribution in [3.05, 3.63) is 17.8 Å². The molecule has 1 aromatic heterocycles. The summed E-state index contributed by atoms with van der Waals surface area (Å²) in [5.41, 5.74) is 7.54. The SMILES string of the molecule is COCCN(c1cc(C)c(N)cn1)C(C)COC. The standard InChI is InChI=1S/C13H23N3O2/c1-10-7-13(15-8-12(10)14)16(5-6-17-3)11(2)9-18-4/h7-8,11H,5-6,9,14H2,1-4H3.